The first kappa shape index (κ1) is 24.8. The summed E-state index contributed by atoms with van der Waals surface area (Å²) in [5.74, 6) is -0.333. The number of alkyl halides is 6. The molecule has 200 valence electrons. The summed E-state index contributed by atoms with van der Waals surface area (Å²) in [6.45, 7) is 0. The molecule has 0 amide bonds. The summed E-state index contributed by atoms with van der Waals surface area (Å²) in [7, 11) is 0. The van der Waals surface area contributed by atoms with Crippen LogP contribution in [0, 0.1) is 0 Å². The number of pyridine rings is 2. The Morgan fingerprint density at radius 3 is 1.38 bits per heavy atom. The summed E-state index contributed by atoms with van der Waals surface area (Å²) in [6.07, 6.45) is -8.28. The lowest BCUT2D eigenvalue weighted by Crippen LogP contribution is -2.23. The van der Waals surface area contributed by atoms with Crippen LogP contribution in [-0.2, 0) is 12.4 Å². The predicted octanol–water partition coefficient (Wildman–Crippen LogP) is 8.28. The van der Waals surface area contributed by atoms with Gasteiger partial charge in [0.15, 0.2) is 0 Å². The van der Waals surface area contributed by atoms with Crippen molar-refractivity contribution in [2.24, 2.45) is 0 Å². The van der Waals surface area contributed by atoms with Gasteiger partial charge in [0.1, 0.15) is 0 Å². The van der Waals surface area contributed by atoms with Crippen molar-refractivity contribution in [2.45, 2.75) is 30.6 Å². The van der Waals surface area contributed by atoms with Gasteiger partial charge in [-0.1, -0.05) is 36.4 Å². The smallest absolute Gasteiger partial charge is 0.412 e. The minimum absolute atomic E-state index is 0. The highest BCUT2D eigenvalue weighted by Crippen LogP contribution is 2.55. The van der Waals surface area contributed by atoms with Gasteiger partial charge < -0.3 is 5.48 Å². The van der Waals surface area contributed by atoms with Gasteiger partial charge in [0.2, 0.25) is 0 Å². The Hall–Kier alpha value is -4.24. The van der Waals surface area contributed by atoms with Gasteiger partial charge in [0, 0.05) is 33.4 Å². The van der Waals surface area contributed by atoms with Crippen LogP contribution in [0.5, 0.6) is 0 Å². The van der Waals surface area contributed by atoms with Crippen molar-refractivity contribution in [3.8, 4) is 0 Å². The zero-order valence-corrected chi connectivity index (χ0v) is 20.5. The van der Waals surface area contributed by atoms with Gasteiger partial charge in [-0.25, -0.2) is 0 Å². The second kappa shape index (κ2) is 7.91. The first-order chi connectivity index (χ1) is 18.6. The van der Waals surface area contributed by atoms with Crippen LogP contribution in [0.3, 0.4) is 0 Å². The number of hydrogen-bond acceptors (Lipinski definition) is 2. The van der Waals surface area contributed by atoms with Crippen LogP contribution in [0.15, 0.2) is 72.8 Å². The Kier molecular flexibility index (Phi) is 4.90. The van der Waals surface area contributed by atoms with Crippen molar-refractivity contribution in [2.75, 3.05) is 0 Å². The van der Waals surface area contributed by atoms with Gasteiger partial charge in [-0.2, -0.15) is 26.3 Å². The average Bonchev–Trinajstić information content (AvgIpc) is 2.91. The minimum atomic E-state index is -4.48. The van der Waals surface area contributed by atoms with Crippen molar-refractivity contribution in [1.29, 1.82) is 0 Å². The maximum absolute atomic E-state index is 13.6. The van der Waals surface area contributed by atoms with E-state index in [0.717, 1.165) is 57.6 Å². The molecule has 0 aliphatic heterocycles. The van der Waals surface area contributed by atoms with Crippen molar-refractivity contribution < 1.29 is 31.8 Å². The van der Waals surface area contributed by atoms with Gasteiger partial charge in [-0.3, -0.25) is 9.97 Å². The van der Waals surface area contributed by atoms with E-state index in [-0.39, 0.29) is 17.3 Å². The predicted molar refractivity (Wildman–Crippen MR) is 140 cm³/mol. The van der Waals surface area contributed by atoms with E-state index < -0.39 is 23.5 Å². The molecule has 2 atom stereocenters. The van der Waals surface area contributed by atoms with Crippen LogP contribution in [0.2, 0.25) is 0 Å². The molecule has 2 aliphatic rings. The summed E-state index contributed by atoms with van der Waals surface area (Å²) >= 11 is 0. The lowest BCUT2D eigenvalue weighted by molar-refractivity contribution is -0.138. The normalized spacial score (nSPS) is 17.9. The van der Waals surface area contributed by atoms with E-state index in [4.69, 9.17) is 9.97 Å². The van der Waals surface area contributed by atoms with Crippen molar-refractivity contribution >= 4 is 43.4 Å². The third-order valence-corrected chi connectivity index (χ3v) is 8.30. The van der Waals surface area contributed by atoms with Crippen LogP contribution in [0.4, 0.5) is 26.3 Å². The lowest BCUT2D eigenvalue weighted by atomic mass is 9.68. The Balaban J connectivity index is 0.00000264. The SMILES string of the molecule is FC(F)(F)c1ccc2nc3c4c(cccc4c2c1)[C@@H]1C[C@H]3c2cccc3c2c1nc1ccc(C(F)(F)F)cc13.O. The molecule has 0 unspecified atom stereocenters. The van der Waals surface area contributed by atoms with Crippen LogP contribution in [-0.4, -0.2) is 15.4 Å². The number of hydrogen-bond donors (Lipinski definition) is 0. The lowest BCUT2D eigenvalue weighted by Gasteiger charge is -2.37. The van der Waals surface area contributed by atoms with E-state index >= 15 is 0 Å². The minimum Gasteiger partial charge on any atom is -0.412 e. The quantitative estimate of drug-likeness (QED) is 0.142. The Labute approximate surface area is 222 Å². The molecular formula is C31H18F6N2O. The molecule has 0 spiro atoms. The van der Waals surface area contributed by atoms with E-state index in [1.165, 1.54) is 12.1 Å². The largest absolute Gasteiger partial charge is 0.416 e. The van der Waals surface area contributed by atoms with Gasteiger partial charge in [0.25, 0.3) is 0 Å². The van der Waals surface area contributed by atoms with Crippen molar-refractivity contribution in [3.63, 3.8) is 0 Å². The molecule has 3 nitrogen and oxygen atoms in total. The van der Waals surface area contributed by atoms with Gasteiger partial charge in [-0.05, 0) is 64.7 Å². The standard InChI is InChI=1S/C31H16F6N2.H2O/c32-30(33,34)14-7-9-24-20(11-14)16-3-1-5-18-22-13-23(29(38-24)26(16)18)19-6-2-4-17-21-12-15(31(35,36)37)8-10-25(21)39-28(22)27(17)19;/h1-12,22-23H,13H2;1H2/t22-,23-;/m0./s1. The first-order valence-electron chi connectivity index (χ1n) is 12.5. The number of halogens is 6. The van der Waals surface area contributed by atoms with Crippen molar-refractivity contribution in [1.82, 2.24) is 9.97 Å². The summed E-state index contributed by atoms with van der Waals surface area (Å²) in [5.41, 5.74) is 2.93. The second-order valence-electron chi connectivity index (χ2n) is 10.3. The topological polar surface area (TPSA) is 57.3 Å². The fraction of sp³-hybridized carbons (Fsp3) is 0.161. The molecule has 2 aromatic heterocycles. The molecule has 0 fully saturated rings. The van der Waals surface area contributed by atoms with Crippen molar-refractivity contribution in [3.05, 3.63) is 106 Å². The van der Waals surface area contributed by atoms with Gasteiger partial charge in [0.05, 0.1) is 33.5 Å². The third-order valence-electron chi connectivity index (χ3n) is 8.30. The van der Waals surface area contributed by atoms with Crippen LogP contribution < -0.4 is 0 Å². The molecule has 2 heterocycles. The second-order valence-corrected chi connectivity index (χ2v) is 10.3. The molecule has 8 rings (SSSR count). The van der Waals surface area contributed by atoms with E-state index in [0.29, 0.717) is 39.0 Å². The van der Waals surface area contributed by atoms with E-state index in [9.17, 15) is 26.3 Å². The van der Waals surface area contributed by atoms with E-state index in [1.54, 1.807) is 0 Å². The fourth-order valence-corrected chi connectivity index (χ4v) is 6.68. The van der Waals surface area contributed by atoms with Gasteiger partial charge in [-0.15, -0.1) is 0 Å². The first-order valence-corrected chi connectivity index (χ1v) is 12.5. The maximum Gasteiger partial charge on any atom is 0.416 e. The Morgan fingerprint density at radius 2 is 0.975 bits per heavy atom. The van der Waals surface area contributed by atoms with Crippen LogP contribution >= 0.6 is 0 Å². The number of fused-ring (bicyclic) bond motifs is 10. The molecule has 0 radical (unpaired) electrons. The van der Waals surface area contributed by atoms with E-state index in [1.807, 2.05) is 36.4 Å². The van der Waals surface area contributed by atoms with Gasteiger partial charge >= 0.3 is 12.4 Å². The molecule has 0 saturated carbocycles. The molecule has 2 N–H and O–H groups in total. The molecule has 9 heteroatoms. The summed E-state index contributed by atoms with van der Waals surface area (Å²) in [5, 5.41) is 3.97. The summed E-state index contributed by atoms with van der Waals surface area (Å²) in [6, 6.07) is 18.5. The average molecular weight is 548 g/mol. The Morgan fingerprint density at radius 1 is 0.550 bits per heavy atom. The number of rotatable bonds is 0. The number of benzene rings is 4. The highest BCUT2D eigenvalue weighted by atomic mass is 19.4. The highest BCUT2D eigenvalue weighted by Gasteiger charge is 2.40. The third kappa shape index (κ3) is 3.24. The number of aromatic nitrogens is 2. The van der Waals surface area contributed by atoms with Crippen LogP contribution in [0.25, 0.3) is 43.4 Å². The maximum atomic E-state index is 13.6. The monoisotopic (exact) mass is 548 g/mol. The molecule has 4 aromatic carbocycles. The summed E-state index contributed by atoms with van der Waals surface area (Å²) < 4.78 is 81.4. The van der Waals surface area contributed by atoms with Crippen LogP contribution in [0.1, 0.15) is 51.9 Å². The Bertz CT molecular complexity index is 1900. The molecule has 0 saturated heterocycles. The zero-order chi connectivity index (χ0) is 26.8. The molecule has 2 bridgehead atoms. The van der Waals surface area contributed by atoms with E-state index in [2.05, 4.69) is 0 Å². The fourth-order valence-electron chi connectivity index (χ4n) is 6.68. The number of nitrogens with zero attached hydrogens (tertiary/aromatic N) is 2. The molecular weight excluding hydrogens is 530 g/mol. The summed E-state index contributed by atoms with van der Waals surface area (Å²) in [4.78, 5) is 9.82. The molecule has 2 aliphatic carbocycles. The molecule has 6 aromatic rings. The highest BCUT2D eigenvalue weighted by molar-refractivity contribution is 6.12. The molecule has 40 heavy (non-hydrogen) atoms. The zero-order valence-electron chi connectivity index (χ0n) is 20.5.